The van der Waals surface area contributed by atoms with Crippen molar-refractivity contribution in [1.29, 1.82) is 0 Å². The smallest absolute Gasteiger partial charge is 0.429 e. The van der Waals surface area contributed by atoms with Crippen molar-refractivity contribution >= 4 is 0 Å². The van der Waals surface area contributed by atoms with Crippen LogP contribution in [0.3, 0.4) is 0 Å². The Morgan fingerprint density at radius 3 is 2.34 bits per heavy atom. The molecule has 0 bridgehead atoms. The maximum atomic E-state index is 14.5. The Hall–Kier alpha value is -2.49. The Labute approximate surface area is 182 Å². The number of nitrogens with zero attached hydrogens (tertiary/aromatic N) is 2. The Kier molecular flexibility index (Phi) is 8.22. The van der Waals surface area contributed by atoms with Gasteiger partial charge in [-0.05, 0) is 51.2 Å². The minimum Gasteiger partial charge on any atom is -0.491 e. The molecule has 0 saturated heterocycles. The van der Waals surface area contributed by atoms with Gasteiger partial charge >= 0.3 is 6.11 Å². The summed E-state index contributed by atoms with van der Waals surface area (Å²) in [6.07, 6.45) is 1.55. The van der Waals surface area contributed by atoms with E-state index in [0.717, 1.165) is 44.1 Å². The van der Waals surface area contributed by atoms with Crippen molar-refractivity contribution in [2.24, 2.45) is 0 Å². The molecule has 3 rings (SSSR count). The molecule has 0 radical (unpaired) electrons. The zero-order valence-corrected chi connectivity index (χ0v) is 17.6. The van der Waals surface area contributed by atoms with Crippen LogP contribution in [-0.2, 0) is 10.8 Å². The highest BCUT2D eigenvalue weighted by molar-refractivity contribution is 5.33. The first-order chi connectivity index (χ1) is 15.4. The largest absolute Gasteiger partial charge is 0.491 e. The Morgan fingerprint density at radius 2 is 1.72 bits per heavy atom. The lowest BCUT2D eigenvalue weighted by molar-refractivity contribution is -0.188. The van der Waals surface area contributed by atoms with Gasteiger partial charge in [0, 0.05) is 12.5 Å². The lowest BCUT2D eigenvalue weighted by Crippen LogP contribution is -2.25. The second-order valence-electron chi connectivity index (χ2n) is 7.45. The predicted molar refractivity (Wildman–Crippen MR) is 106 cm³/mol. The highest BCUT2D eigenvalue weighted by Gasteiger charge is 2.40. The van der Waals surface area contributed by atoms with Crippen molar-refractivity contribution in [3.8, 4) is 11.5 Å². The maximum Gasteiger partial charge on any atom is 0.429 e. The van der Waals surface area contributed by atoms with Gasteiger partial charge in [-0.25, -0.2) is 14.4 Å². The molecule has 32 heavy (non-hydrogen) atoms. The lowest BCUT2D eigenvalue weighted by atomic mass is 9.87. The van der Waals surface area contributed by atoms with E-state index in [4.69, 9.17) is 9.47 Å². The van der Waals surface area contributed by atoms with Crippen LogP contribution in [0.25, 0.3) is 0 Å². The zero-order chi connectivity index (χ0) is 23.1. The highest BCUT2D eigenvalue weighted by atomic mass is 19.3. The molecule has 0 spiro atoms. The molecule has 10 heteroatoms. The summed E-state index contributed by atoms with van der Waals surface area (Å²) in [5.41, 5.74) is -1.26. The number of hydrogen-bond donors (Lipinski definition) is 0. The molecule has 1 aromatic heterocycles. The van der Waals surface area contributed by atoms with Gasteiger partial charge in [-0.2, -0.15) is 13.2 Å². The van der Waals surface area contributed by atoms with Gasteiger partial charge < -0.3 is 14.2 Å². The van der Waals surface area contributed by atoms with E-state index in [-0.39, 0.29) is 24.4 Å². The van der Waals surface area contributed by atoms with Crippen molar-refractivity contribution in [2.45, 2.75) is 57.2 Å². The Bertz CT molecular complexity index is 875. The number of benzene rings is 1. The van der Waals surface area contributed by atoms with Gasteiger partial charge in [-0.1, -0.05) is 0 Å². The first-order valence-corrected chi connectivity index (χ1v) is 10.5. The molecular formula is C22H25F5N2O3. The lowest BCUT2D eigenvalue weighted by Gasteiger charge is -2.27. The molecule has 176 valence electrons. The summed E-state index contributed by atoms with van der Waals surface area (Å²) >= 11 is 0. The van der Waals surface area contributed by atoms with Crippen LogP contribution in [0, 0.1) is 11.6 Å². The maximum absolute atomic E-state index is 14.5. The minimum absolute atomic E-state index is 0.0447. The minimum atomic E-state index is -4.14. The van der Waals surface area contributed by atoms with Crippen LogP contribution in [0.1, 0.15) is 56.3 Å². The molecule has 2 aromatic rings. The molecule has 1 aliphatic rings. The van der Waals surface area contributed by atoms with Crippen LogP contribution in [0.5, 0.6) is 11.5 Å². The Balaban J connectivity index is 1.61. The van der Waals surface area contributed by atoms with Crippen molar-refractivity contribution < 1.29 is 36.2 Å². The van der Waals surface area contributed by atoms with Gasteiger partial charge in [0.1, 0.15) is 11.4 Å². The second kappa shape index (κ2) is 10.9. The van der Waals surface area contributed by atoms with Crippen molar-refractivity contribution in [2.75, 3.05) is 19.9 Å². The first kappa shape index (κ1) is 24.2. The molecule has 0 aliphatic heterocycles. The molecule has 0 unspecified atom stereocenters. The molecule has 0 atom stereocenters. The topological polar surface area (TPSA) is 53.5 Å². The summed E-state index contributed by atoms with van der Waals surface area (Å²) in [6, 6.07) is 1.64. The number of ether oxygens (including phenoxy) is 3. The standard InChI is InChI=1S/C22H25F5N2O3/c1-2-30-18-9-8-17(19(24)20(18)25)22(26,27)32-16-12-28-21(29-13-16)14-4-6-15(7-5-14)31-11-3-10-23/h8-9,12-15H,2-7,10-11H2,1H3. The number of aromatic nitrogens is 2. The van der Waals surface area contributed by atoms with E-state index in [2.05, 4.69) is 14.7 Å². The van der Waals surface area contributed by atoms with E-state index in [0.29, 0.717) is 24.9 Å². The van der Waals surface area contributed by atoms with Gasteiger partial charge in [0.05, 0.1) is 31.8 Å². The fourth-order valence-corrected chi connectivity index (χ4v) is 3.61. The highest BCUT2D eigenvalue weighted by Crippen LogP contribution is 2.37. The van der Waals surface area contributed by atoms with Crippen LogP contribution in [-0.4, -0.2) is 36.0 Å². The zero-order valence-electron chi connectivity index (χ0n) is 17.6. The molecule has 1 aromatic carbocycles. The van der Waals surface area contributed by atoms with Crippen molar-refractivity contribution in [1.82, 2.24) is 9.97 Å². The summed E-state index contributed by atoms with van der Waals surface area (Å²) in [7, 11) is 0. The number of hydrogen-bond acceptors (Lipinski definition) is 5. The fourth-order valence-electron chi connectivity index (χ4n) is 3.61. The van der Waals surface area contributed by atoms with Crippen molar-refractivity contribution in [3.63, 3.8) is 0 Å². The predicted octanol–water partition coefficient (Wildman–Crippen LogP) is 5.68. The average Bonchev–Trinajstić information content (AvgIpc) is 2.78. The normalized spacial score (nSPS) is 19.1. The average molecular weight is 460 g/mol. The van der Waals surface area contributed by atoms with E-state index >= 15 is 0 Å². The first-order valence-electron chi connectivity index (χ1n) is 10.5. The molecule has 1 heterocycles. The number of halogens is 5. The van der Waals surface area contributed by atoms with E-state index < -0.39 is 35.7 Å². The number of rotatable bonds is 10. The van der Waals surface area contributed by atoms with Gasteiger partial charge in [0.15, 0.2) is 17.3 Å². The van der Waals surface area contributed by atoms with Gasteiger partial charge in [-0.3, -0.25) is 4.39 Å². The summed E-state index contributed by atoms with van der Waals surface area (Å²) < 4.78 is 84.2. The summed E-state index contributed by atoms with van der Waals surface area (Å²) in [5, 5.41) is 0. The second-order valence-corrected chi connectivity index (χ2v) is 7.45. The quantitative estimate of drug-likeness (QED) is 0.337. The van der Waals surface area contributed by atoms with E-state index in [1.165, 1.54) is 0 Å². The third kappa shape index (κ3) is 5.85. The van der Waals surface area contributed by atoms with E-state index in [9.17, 15) is 22.0 Å². The molecule has 1 fully saturated rings. The van der Waals surface area contributed by atoms with Crippen LogP contribution in [0.4, 0.5) is 22.0 Å². The van der Waals surface area contributed by atoms with Crippen LogP contribution in [0.15, 0.2) is 24.5 Å². The van der Waals surface area contributed by atoms with Gasteiger partial charge in [-0.15, -0.1) is 0 Å². The third-order valence-corrected chi connectivity index (χ3v) is 5.23. The summed E-state index contributed by atoms with van der Waals surface area (Å²) in [6.45, 7) is 1.60. The summed E-state index contributed by atoms with van der Waals surface area (Å²) in [4.78, 5) is 8.22. The number of alkyl halides is 3. The molecule has 1 aliphatic carbocycles. The van der Waals surface area contributed by atoms with Gasteiger partial charge in [0.25, 0.3) is 0 Å². The fraction of sp³-hybridized carbons (Fsp3) is 0.545. The van der Waals surface area contributed by atoms with E-state index in [1.54, 1.807) is 6.92 Å². The molecule has 0 N–H and O–H groups in total. The third-order valence-electron chi connectivity index (χ3n) is 5.23. The SMILES string of the molecule is CCOc1ccc(C(F)(F)Oc2cnc(C3CCC(OCCCF)CC3)nc2)c(F)c1F. The molecular weight excluding hydrogens is 435 g/mol. The summed E-state index contributed by atoms with van der Waals surface area (Å²) in [5.74, 6) is -3.56. The van der Waals surface area contributed by atoms with Crippen LogP contribution >= 0.6 is 0 Å². The molecule has 5 nitrogen and oxygen atoms in total. The van der Waals surface area contributed by atoms with Crippen molar-refractivity contribution in [3.05, 3.63) is 47.5 Å². The van der Waals surface area contributed by atoms with E-state index in [1.807, 2.05) is 0 Å². The monoisotopic (exact) mass is 460 g/mol. The van der Waals surface area contributed by atoms with Crippen LogP contribution in [0.2, 0.25) is 0 Å². The van der Waals surface area contributed by atoms with Crippen LogP contribution < -0.4 is 9.47 Å². The van der Waals surface area contributed by atoms with Gasteiger partial charge in [0.2, 0.25) is 5.82 Å². The Morgan fingerprint density at radius 1 is 1.03 bits per heavy atom. The molecule has 0 amide bonds. The molecule has 1 saturated carbocycles.